The standard InChI is InChI=1S/C10H13F3N2O/c1-5(2)7-8(10(11,12)13)14-6(3)15(4)9(7)16/h5H,1-4H3. The second kappa shape index (κ2) is 3.92. The van der Waals surface area contributed by atoms with Gasteiger partial charge in [0.05, 0.1) is 5.56 Å². The van der Waals surface area contributed by atoms with E-state index in [0.717, 1.165) is 4.57 Å². The van der Waals surface area contributed by atoms with Crippen LogP contribution in [0.5, 0.6) is 0 Å². The number of aromatic nitrogens is 2. The van der Waals surface area contributed by atoms with E-state index in [1.165, 1.54) is 14.0 Å². The van der Waals surface area contributed by atoms with Gasteiger partial charge in [0.2, 0.25) is 0 Å². The van der Waals surface area contributed by atoms with Crippen molar-refractivity contribution >= 4 is 0 Å². The Labute approximate surface area is 90.9 Å². The summed E-state index contributed by atoms with van der Waals surface area (Å²) >= 11 is 0. The molecule has 0 bridgehead atoms. The highest BCUT2D eigenvalue weighted by atomic mass is 19.4. The van der Waals surface area contributed by atoms with Crippen LogP contribution >= 0.6 is 0 Å². The normalized spacial score (nSPS) is 12.2. The first-order chi connectivity index (χ1) is 7.16. The Morgan fingerprint density at radius 3 is 2.19 bits per heavy atom. The SMILES string of the molecule is Cc1nc(C(F)(F)F)c(C(C)C)c(=O)n1C. The van der Waals surface area contributed by atoms with Gasteiger partial charge in [0, 0.05) is 7.05 Å². The topological polar surface area (TPSA) is 34.9 Å². The minimum atomic E-state index is -4.59. The fraction of sp³-hybridized carbons (Fsp3) is 0.600. The molecule has 0 spiro atoms. The fourth-order valence-electron chi connectivity index (χ4n) is 1.46. The molecule has 0 N–H and O–H groups in total. The second-order valence-electron chi connectivity index (χ2n) is 3.94. The van der Waals surface area contributed by atoms with Crippen LogP contribution < -0.4 is 5.56 Å². The van der Waals surface area contributed by atoms with Crippen LogP contribution in [0.2, 0.25) is 0 Å². The molecule has 0 atom stereocenters. The lowest BCUT2D eigenvalue weighted by Gasteiger charge is -2.16. The summed E-state index contributed by atoms with van der Waals surface area (Å²) in [6.45, 7) is 4.46. The molecule has 1 rings (SSSR count). The van der Waals surface area contributed by atoms with Crippen LogP contribution in [-0.4, -0.2) is 9.55 Å². The maximum absolute atomic E-state index is 12.7. The average molecular weight is 234 g/mol. The number of alkyl halides is 3. The van der Waals surface area contributed by atoms with Crippen LogP contribution in [0.4, 0.5) is 13.2 Å². The van der Waals surface area contributed by atoms with Crippen LogP contribution in [-0.2, 0) is 13.2 Å². The van der Waals surface area contributed by atoms with Gasteiger partial charge in [-0.25, -0.2) is 4.98 Å². The first kappa shape index (κ1) is 12.7. The predicted molar refractivity (Wildman–Crippen MR) is 53.3 cm³/mol. The first-order valence-electron chi connectivity index (χ1n) is 4.81. The smallest absolute Gasteiger partial charge is 0.300 e. The van der Waals surface area contributed by atoms with Gasteiger partial charge in [0.1, 0.15) is 5.82 Å². The number of halogens is 3. The van der Waals surface area contributed by atoms with Crippen molar-refractivity contribution in [3.63, 3.8) is 0 Å². The van der Waals surface area contributed by atoms with E-state index in [4.69, 9.17) is 0 Å². The Morgan fingerprint density at radius 1 is 1.31 bits per heavy atom. The van der Waals surface area contributed by atoms with Gasteiger partial charge in [-0.05, 0) is 12.8 Å². The lowest BCUT2D eigenvalue weighted by atomic mass is 10.0. The molecule has 0 saturated heterocycles. The lowest BCUT2D eigenvalue weighted by Crippen LogP contribution is -2.30. The molecule has 1 aromatic rings. The molecule has 0 aliphatic carbocycles. The molecule has 0 radical (unpaired) electrons. The van der Waals surface area contributed by atoms with Gasteiger partial charge in [-0.15, -0.1) is 0 Å². The number of hydrogen-bond donors (Lipinski definition) is 0. The summed E-state index contributed by atoms with van der Waals surface area (Å²) in [5, 5.41) is 0. The summed E-state index contributed by atoms with van der Waals surface area (Å²) in [4.78, 5) is 15.2. The third kappa shape index (κ3) is 2.10. The zero-order valence-corrected chi connectivity index (χ0v) is 9.51. The summed E-state index contributed by atoms with van der Waals surface area (Å²) < 4.78 is 39.2. The van der Waals surface area contributed by atoms with E-state index in [2.05, 4.69) is 4.98 Å². The van der Waals surface area contributed by atoms with Crippen molar-refractivity contribution in [3.8, 4) is 0 Å². The number of rotatable bonds is 1. The number of aryl methyl sites for hydroxylation is 1. The van der Waals surface area contributed by atoms with Crippen molar-refractivity contribution in [1.29, 1.82) is 0 Å². The molecule has 0 saturated carbocycles. The van der Waals surface area contributed by atoms with Gasteiger partial charge in [-0.1, -0.05) is 13.8 Å². The molecular formula is C10H13F3N2O. The van der Waals surface area contributed by atoms with Gasteiger partial charge >= 0.3 is 6.18 Å². The van der Waals surface area contributed by atoms with Crippen molar-refractivity contribution in [1.82, 2.24) is 9.55 Å². The first-order valence-corrected chi connectivity index (χ1v) is 4.81. The molecule has 0 unspecified atom stereocenters. The summed E-state index contributed by atoms with van der Waals surface area (Å²) in [5.41, 5.74) is -1.97. The molecule has 1 aromatic heterocycles. The van der Waals surface area contributed by atoms with Crippen LogP contribution in [0.1, 0.15) is 36.8 Å². The molecule has 90 valence electrons. The Hall–Kier alpha value is -1.33. The lowest BCUT2D eigenvalue weighted by molar-refractivity contribution is -0.142. The van der Waals surface area contributed by atoms with Crippen molar-refractivity contribution in [2.45, 2.75) is 32.9 Å². The molecule has 1 heterocycles. The van der Waals surface area contributed by atoms with Gasteiger partial charge in [0.15, 0.2) is 5.69 Å². The number of hydrogen-bond acceptors (Lipinski definition) is 2. The van der Waals surface area contributed by atoms with Gasteiger partial charge in [-0.2, -0.15) is 13.2 Å². The highest BCUT2D eigenvalue weighted by Gasteiger charge is 2.38. The molecule has 16 heavy (non-hydrogen) atoms. The fourth-order valence-corrected chi connectivity index (χ4v) is 1.46. The highest BCUT2D eigenvalue weighted by molar-refractivity contribution is 5.24. The van der Waals surface area contributed by atoms with Gasteiger partial charge < -0.3 is 0 Å². The van der Waals surface area contributed by atoms with Crippen molar-refractivity contribution in [3.05, 3.63) is 27.4 Å². The minimum absolute atomic E-state index is 0.0572. The van der Waals surface area contributed by atoms with E-state index in [1.54, 1.807) is 13.8 Å². The van der Waals surface area contributed by atoms with Crippen LogP contribution in [0.3, 0.4) is 0 Å². The number of nitrogens with zero attached hydrogens (tertiary/aromatic N) is 2. The van der Waals surface area contributed by atoms with E-state index < -0.39 is 23.3 Å². The van der Waals surface area contributed by atoms with E-state index >= 15 is 0 Å². The monoisotopic (exact) mass is 234 g/mol. The van der Waals surface area contributed by atoms with Crippen LogP contribution in [0.25, 0.3) is 0 Å². The summed E-state index contributed by atoms with van der Waals surface area (Å²) in [5.74, 6) is -0.454. The summed E-state index contributed by atoms with van der Waals surface area (Å²) in [6.07, 6.45) is -4.59. The second-order valence-corrected chi connectivity index (χ2v) is 3.94. The maximum Gasteiger partial charge on any atom is 0.433 e. The van der Waals surface area contributed by atoms with E-state index in [1.807, 2.05) is 0 Å². The molecule has 0 fully saturated rings. The van der Waals surface area contributed by atoms with Gasteiger partial charge in [0.25, 0.3) is 5.56 Å². The van der Waals surface area contributed by atoms with Crippen molar-refractivity contribution in [2.24, 2.45) is 7.05 Å². The molecule has 0 aliphatic heterocycles. The third-order valence-corrected chi connectivity index (χ3v) is 2.40. The van der Waals surface area contributed by atoms with Crippen LogP contribution in [0.15, 0.2) is 4.79 Å². The van der Waals surface area contributed by atoms with E-state index in [-0.39, 0.29) is 11.4 Å². The third-order valence-electron chi connectivity index (χ3n) is 2.40. The molecule has 0 aromatic carbocycles. The van der Waals surface area contributed by atoms with Crippen molar-refractivity contribution < 1.29 is 13.2 Å². The maximum atomic E-state index is 12.7. The predicted octanol–water partition coefficient (Wildman–Crippen LogP) is 2.23. The quantitative estimate of drug-likeness (QED) is 0.746. The van der Waals surface area contributed by atoms with E-state index in [9.17, 15) is 18.0 Å². The zero-order valence-electron chi connectivity index (χ0n) is 9.51. The molecule has 6 heteroatoms. The average Bonchev–Trinajstić information content (AvgIpc) is 2.11. The summed E-state index contributed by atoms with van der Waals surface area (Å²) in [7, 11) is 1.41. The van der Waals surface area contributed by atoms with Crippen LogP contribution in [0, 0.1) is 6.92 Å². The Bertz CT molecular complexity index is 460. The highest BCUT2D eigenvalue weighted by Crippen LogP contribution is 2.31. The molecule has 0 aliphatic rings. The minimum Gasteiger partial charge on any atom is -0.300 e. The summed E-state index contributed by atoms with van der Waals surface area (Å²) in [6, 6.07) is 0. The molecular weight excluding hydrogens is 221 g/mol. The largest absolute Gasteiger partial charge is 0.433 e. The Morgan fingerprint density at radius 2 is 1.81 bits per heavy atom. The van der Waals surface area contributed by atoms with E-state index in [0.29, 0.717) is 0 Å². The Balaban J connectivity index is 3.68. The zero-order chi connectivity index (χ0) is 12.7. The Kier molecular flexibility index (Phi) is 3.12. The van der Waals surface area contributed by atoms with Crippen molar-refractivity contribution in [2.75, 3.05) is 0 Å². The molecule has 0 amide bonds. The molecule has 3 nitrogen and oxygen atoms in total. The van der Waals surface area contributed by atoms with Gasteiger partial charge in [-0.3, -0.25) is 9.36 Å².